The van der Waals surface area contributed by atoms with E-state index in [-0.39, 0.29) is 11.7 Å². The van der Waals surface area contributed by atoms with Crippen molar-refractivity contribution in [2.75, 3.05) is 0 Å². The molecule has 4 nitrogen and oxygen atoms in total. The summed E-state index contributed by atoms with van der Waals surface area (Å²) in [5.41, 5.74) is 5.46. The minimum absolute atomic E-state index is 0.0194. The lowest BCUT2D eigenvalue weighted by atomic mass is 10.0. The standard InChI is InChI=1S/C14H17F3N4/c1-8(18)6-11-4-5-13(12(7-11)14(15,16)17)21-10(3)19-9(2)20-21/h4-5,7-8H,6,18H2,1-3H3. The van der Waals surface area contributed by atoms with Crippen LogP contribution < -0.4 is 5.73 Å². The molecule has 2 N–H and O–H groups in total. The molecular formula is C14H17F3N4. The third-order valence-corrected chi connectivity index (χ3v) is 3.03. The zero-order valence-corrected chi connectivity index (χ0v) is 12.1. The predicted octanol–water partition coefficient (Wildman–Crippen LogP) is 2.79. The summed E-state index contributed by atoms with van der Waals surface area (Å²) in [5.74, 6) is 0.846. The molecular weight excluding hydrogens is 281 g/mol. The molecule has 1 aromatic heterocycles. The van der Waals surface area contributed by atoms with Crippen LogP contribution in [0.15, 0.2) is 18.2 Å². The fourth-order valence-corrected chi connectivity index (χ4v) is 2.24. The minimum Gasteiger partial charge on any atom is -0.328 e. The van der Waals surface area contributed by atoms with Crippen molar-refractivity contribution in [3.63, 3.8) is 0 Å². The van der Waals surface area contributed by atoms with Gasteiger partial charge in [0.2, 0.25) is 0 Å². The van der Waals surface area contributed by atoms with Crippen LogP contribution in [0.5, 0.6) is 0 Å². The van der Waals surface area contributed by atoms with Crippen LogP contribution in [0.3, 0.4) is 0 Å². The Hall–Kier alpha value is -1.89. The number of benzene rings is 1. The first-order valence-electron chi connectivity index (χ1n) is 6.55. The van der Waals surface area contributed by atoms with Crippen LogP contribution in [0.2, 0.25) is 0 Å². The minimum atomic E-state index is -4.46. The molecule has 2 rings (SSSR count). The molecule has 0 spiro atoms. The quantitative estimate of drug-likeness (QED) is 0.948. The molecule has 0 fully saturated rings. The van der Waals surface area contributed by atoms with Gasteiger partial charge in [-0.25, -0.2) is 9.67 Å². The largest absolute Gasteiger partial charge is 0.418 e. The van der Waals surface area contributed by atoms with E-state index in [0.29, 0.717) is 23.6 Å². The van der Waals surface area contributed by atoms with Crippen LogP contribution in [0, 0.1) is 13.8 Å². The maximum absolute atomic E-state index is 13.3. The van der Waals surface area contributed by atoms with Gasteiger partial charge < -0.3 is 5.73 Å². The molecule has 0 bridgehead atoms. The Bertz CT molecular complexity index is 644. The van der Waals surface area contributed by atoms with Gasteiger partial charge in [0.15, 0.2) is 0 Å². The Morgan fingerprint density at radius 1 is 1.29 bits per heavy atom. The highest BCUT2D eigenvalue weighted by molar-refractivity contribution is 5.45. The van der Waals surface area contributed by atoms with E-state index < -0.39 is 11.7 Å². The lowest BCUT2D eigenvalue weighted by Gasteiger charge is -2.16. The van der Waals surface area contributed by atoms with Crippen LogP contribution >= 0.6 is 0 Å². The third kappa shape index (κ3) is 3.41. The Labute approximate surface area is 120 Å². The first-order valence-corrected chi connectivity index (χ1v) is 6.55. The fraction of sp³-hybridized carbons (Fsp3) is 0.429. The summed E-state index contributed by atoms with van der Waals surface area (Å²) in [4.78, 5) is 4.05. The molecule has 0 aliphatic heterocycles. The molecule has 0 saturated carbocycles. The van der Waals surface area contributed by atoms with Crippen LogP contribution in [0.1, 0.15) is 29.7 Å². The number of rotatable bonds is 3. The van der Waals surface area contributed by atoms with Gasteiger partial charge in [0.25, 0.3) is 0 Å². The van der Waals surface area contributed by atoms with E-state index in [2.05, 4.69) is 10.1 Å². The van der Waals surface area contributed by atoms with Gasteiger partial charge in [-0.15, -0.1) is 0 Å². The van der Waals surface area contributed by atoms with Crippen molar-refractivity contribution in [1.29, 1.82) is 0 Å². The summed E-state index contributed by atoms with van der Waals surface area (Å²) in [6.45, 7) is 5.02. The van der Waals surface area contributed by atoms with Crippen molar-refractivity contribution in [1.82, 2.24) is 14.8 Å². The molecule has 1 aromatic carbocycles. The van der Waals surface area contributed by atoms with Gasteiger partial charge in [0.1, 0.15) is 11.6 Å². The van der Waals surface area contributed by atoms with Gasteiger partial charge in [-0.2, -0.15) is 18.3 Å². The lowest BCUT2D eigenvalue weighted by molar-refractivity contribution is -0.137. The Morgan fingerprint density at radius 3 is 2.43 bits per heavy atom. The summed E-state index contributed by atoms with van der Waals surface area (Å²) in [6.07, 6.45) is -4.08. The molecule has 7 heteroatoms. The number of hydrogen-bond acceptors (Lipinski definition) is 3. The summed E-state index contributed by atoms with van der Waals surface area (Å²) in [6, 6.07) is 3.99. The number of hydrogen-bond donors (Lipinski definition) is 1. The second-order valence-corrected chi connectivity index (χ2v) is 5.15. The first kappa shape index (κ1) is 15.5. The zero-order chi connectivity index (χ0) is 15.8. The molecule has 1 atom stereocenters. The van der Waals surface area contributed by atoms with Crippen LogP contribution in [-0.4, -0.2) is 20.8 Å². The monoisotopic (exact) mass is 298 g/mol. The van der Waals surface area contributed by atoms with Crippen LogP contribution in [0.25, 0.3) is 5.69 Å². The van der Waals surface area contributed by atoms with Gasteiger partial charge in [0, 0.05) is 6.04 Å². The van der Waals surface area contributed by atoms with Gasteiger partial charge in [-0.3, -0.25) is 0 Å². The van der Waals surface area contributed by atoms with Gasteiger partial charge in [-0.05, 0) is 44.9 Å². The molecule has 0 aliphatic carbocycles. The van der Waals surface area contributed by atoms with Crippen molar-refractivity contribution in [3.8, 4) is 5.69 Å². The maximum atomic E-state index is 13.3. The number of halogens is 3. The molecule has 0 radical (unpaired) electrons. The predicted molar refractivity (Wildman–Crippen MR) is 73.2 cm³/mol. The Kier molecular flexibility index (Phi) is 4.04. The number of aromatic nitrogens is 3. The fourth-order valence-electron chi connectivity index (χ4n) is 2.24. The molecule has 1 unspecified atom stereocenters. The smallest absolute Gasteiger partial charge is 0.328 e. The molecule has 21 heavy (non-hydrogen) atoms. The van der Waals surface area contributed by atoms with Crippen molar-refractivity contribution in [2.45, 2.75) is 39.4 Å². The van der Waals surface area contributed by atoms with Crippen LogP contribution in [0.4, 0.5) is 13.2 Å². The van der Waals surface area contributed by atoms with Crippen molar-refractivity contribution >= 4 is 0 Å². The number of nitrogens with zero attached hydrogens (tertiary/aromatic N) is 3. The summed E-state index contributed by atoms with van der Waals surface area (Å²) in [5, 5.41) is 4.03. The lowest BCUT2D eigenvalue weighted by Crippen LogP contribution is -2.19. The second kappa shape index (κ2) is 5.48. The Balaban J connectivity index is 2.58. The average molecular weight is 298 g/mol. The van der Waals surface area contributed by atoms with Gasteiger partial charge >= 0.3 is 6.18 Å². The highest BCUT2D eigenvalue weighted by Gasteiger charge is 2.35. The third-order valence-electron chi connectivity index (χ3n) is 3.03. The van der Waals surface area contributed by atoms with Crippen molar-refractivity contribution < 1.29 is 13.2 Å². The zero-order valence-electron chi connectivity index (χ0n) is 12.1. The molecule has 2 aromatic rings. The van der Waals surface area contributed by atoms with Gasteiger partial charge in [0.05, 0.1) is 11.3 Å². The van der Waals surface area contributed by atoms with E-state index in [1.807, 2.05) is 0 Å². The van der Waals surface area contributed by atoms with E-state index in [0.717, 1.165) is 6.07 Å². The molecule has 1 heterocycles. The maximum Gasteiger partial charge on any atom is 0.418 e. The van der Waals surface area contributed by atoms with Crippen molar-refractivity contribution in [3.05, 3.63) is 41.0 Å². The number of aryl methyl sites for hydroxylation is 2. The average Bonchev–Trinajstić information content (AvgIpc) is 2.66. The van der Waals surface area contributed by atoms with E-state index in [1.165, 1.54) is 10.7 Å². The first-order chi connectivity index (χ1) is 9.68. The topological polar surface area (TPSA) is 56.7 Å². The molecule has 0 saturated heterocycles. The SMILES string of the molecule is Cc1nc(C)n(-c2ccc(CC(C)N)cc2C(F)(F)F)n1. The highest BCUT2D eigenvalue weighted by atomic mass is 19.4. The Morgan fingerprint density at radius 2 is 1.95 bits per heavy atom. The second-order valence-electron chi connectivity index (χ2n) is 5.15. The van der Waals surface area contributed by atoms with E-state index >= 15 is 0 Å². The summed E-state index contributed by atoms with van der Waals surface area (Å²) < 4.78 is 41.1. The molecule has 0 amide bonds. The van der Waals surface area contributed by atoms with E-state index in [4.69, 9.17) is 5.73 Å². The molecule has 0 aliphatic rings. The normalized spacial score (nSPS) is 13.5. The van der Waals surface area contributed by atoms with E-state index in [9.17, 15) is 13.2 Å². The summed E-state index contributed by atoms with van der Waals surface area (Å²) in [7, 11) is 0. The number of alkyl halides is 3. The summed E-state index contributed by atoms with van der Waals surface area (Å²) >= 11 is 0. The van der Waals surface area contributed by atoms with E-state index in [1.54, 1.807) is 26.8 Å². The van der Waals surface area contributed by atoms with Gasteiger partial charge in [-0.1, -0.05) is 6.07 Å². The van der Waals surface area contributed by atoms with Crippen LogP contribution in [-0.2, 0) is 12.6 Å². The number of nitrogens with two attached hydrogens (primary N) is 1. The molecule has 114 valence electrons. The highest BCUT2D eigenvalue weighted by Crippen LogP contribution is 2.34. The van der Waals surface area contributed by atoms with Crippen molar-refractivity contribution in [2.24, 2.45) is 5.73 Å².